The zero-order chi connectivity index (χ0) is 24.7. The van der Waals surface area contributed by atoms with Crippen LogP contribution in [0.1, 0.15) is 46.9 Å². The number of benzene rings is 2. The van der Waals surface area contributed by atoms with Gasteiger partial charge in [-0.2, -0.15) is 0 Å². The molecule has 0 radical (unpaired) electrons. The summed E-state index contributed by atoms with van der Waals surface area (Å²) in [6.45, 7) is 5.07. The lowest BCUT2D eigenvalue weighted by molar-refractivity contribution is 0.0694. The smallest absolute Gasteiger partial charge is 0.341 e. The fourth-order valence-electron chi connectivity index (χ4n) is 5.16. The summed E-state index contributed by atoms with van der Waals surface area (Å²) < 4.78 is 19.9. The van der Waals surface area contributed by atoms with E-state index in [1.807, 2.05) is 41.0 Å². The van der Waals surface area contributed by atoms with Gasteiger partial charge < -0.3 is 23.9 Å². The Morgan fingerprint density at radius 3 is 2.63 bits per heavy atom. The molecule has 3 aromatic rings. The fourth-order valence-corrected chi connectivity index (χ4v) is 5.16. The van der Waals surface area contributed by atoms with Crippen LogP contribution in [0.25, 0.3) is 11.3 Å². The number of pyridine rings is 1. The van der Waals surface area contributed by atoms with Crippen LogP contribution < -0.4 is 14.9 Å². The van der Waals surface area contributed by atoms with Crippen molar-refractivity contribution in [3.05, 3.63) is 81.1 Å². The van der Waals surface area contributed by atoms with Crippen molar-refractivity contribution in [1.29, 1.82) is 0 Å². The molecule has 0 amide bonds. The molecule has 5 rings (SSSR count). The van der Waals surface area contributed by atoms with Gasteiger partial charge in [0.05, 0.1) is 12.3 Å². The van der Waals surface area contributed by atoms with Gasteiger partial charge in [0, 0.05) is 43.0 Å². The number of methoxy groups -OCH3 is 1. The number of rotatable bonds is 7. The van der Waals surface area contributed by atoms with Gasteiger partial charge in [-0.15, -0.1) is 0 Å². The maximum Gasteiger partial charge on any atom is 0.341 e. The zero-order valence-corrected chi connectivity index (χ0v) is 20.1. The van der Waals surface area contributed by atoms with Crippen molar-refractivity contribution in [3.8, 4) is 22.8 Å². The Hall–Kier alpha value is -3.58. The molecule has 2 aliphatic heterocycles. The Labute approximate surface area is 203 Å². The first-order chi connectivity index (χ1) is 16.9. The number of hydrogen-bond acceptors (Lipinski definition) is 5. The normalized spacial score (nSPS) is 17.9. The number of carboxylic acid groups (broad SMARTS) is 1. The van der Waals surface area contributed by atoms with Crippen molar-refractivity contribution >= 4 is 5.97 Å². The molecular formula is C28H29NO6. The third-order valence-electron chi connectivity index (χ3n) is 6.89. The van der Waals surface area contributed by atoms with Crippen molar-refractivity contribution in [2.45, 2.75) is 45.4 Å². The highest BCUT2D eigenvalue weighted by Gasteiger charge is 2.36. The SMILES string of the molecule is COCC1Cc2c3c(cc(OCc4ccccc4)c2O1)-c1cc(=O)c(C(=O)O)cn1C(C(C)C)C3. The summed E-state index contributed by atoms with van der Waals surface area (Å²) in [5, 5.41) is 9.55. The molecule has 0 spiro atoms. The number of fused-ring (bicyclic) bond motifs is 5. The summed E-state index contributed by atoms with van der Waals surface area (Å²) in [5.74, 6) is 0.371. The lowest BCUT2D eigenvalue weighted by atomic mass is 9.83. The van der Waals surface area contributed by atoms with E-state index in [1.165, 1.54) is 12.3 Å². The van der Waals surface area contributed by atoms with Crippen molar-refractivity contribution < 1.29 is 24.1 Å². The van der Waals surface area contributed by atoms with Gasteiger partial charge in [-0.3, -0.25) is 4.79 Å². The summed E-state index contributed by atoms with van der Waals surface area (Å²) in [7, 11) is 1.66. The average molecular weight is 476 g/mol. The van der Waals surface area contributed by atoms with Crippen LogP contribution in [0.3, 0.4) is 0 Å². The Kier molecular flexibility index (Phi) is 6.11. The first-order valence-corrected chi connectivity index (χ1v) is 11.9. The standard InChI is InChI=1S/C28H29NO6/c1-16(2)23-10-19-20(24-12-25(30)22(28(31)32)13-29(23)24)11-26(34-14-17-7-5-4-6-8-17)27-21(19)9-18(35-27)15-33-3/h4-8,11-13,16,18,23H,9-10,14-15H2,1-3H3,(H,31,32). The Morgan fingerprint density at radius 2 is 1.94 bits per heavy atom. The van der Waals surface area contributed by atoms with E-state index in [-0.39, 0.29) is 23.6 Å². The maximum atomic E-state index is 12.7. The Morgan fingerprint density at radius 1 is 1.17 bits per heavy atom. The van der Waals surface area contributed by atoms with Crippen LogP contribution in [0.2, 0.25) is 0 Å². The average Bonchev–Trinajstić information content (AvgIpc) is 3.26. The lowest BCUT2D eigenvalue weighted by Crippen LogP contribution is -2.28. The first-order valence-electron chi connectivity index (χ1n) is 11.9. The van der Waals surface area contributed by atoms with Gasteiger partial charge in [0.25, 0.3) is 0 Å². The van der Waals surface area contributed by atoms with Crippen LogP contribution >= 0.6 is 0 Å². The van der Waals surface area contributed by atoms with Gasteiger partial charge in [-0.1, -0.05) is 44.2 Å². The van der Waals surface area contributed by atoms with Crippen molar-refractivity contribution in [2.75, 3.05) is 13.7 Å². The summed E-state index contributed by atoms with van der Waals surface area (Å²) in [5.41, 5.74) is 4.13. The molecule has 35 heavy (non-hydrogen) atoms. The van der Waals surface area contributed by atoms with Gasteiger partial charge in [0.1, 0.15) is 18.3 Å². The van der Waals surface area contributed by atoms with E-state index >= 15 is 0 Å². The third kappa shape index (κ3) is 4.21. The van der Waals surface area contributed by atoms with Gasteiger partial charge in [-0.25, -0.2) is 4.79 Å². The highest BCUT2D eigenvalue weighted by molar-refractivity contribution is 5.88. The predicted molar refractivity (Wildman–Crippen MR) is 131 cm³/mol. The molecule has 0 saturated carbocycles. The van der Waals surface area contributed by atoms with E-state index in [0.717, 1.165) is 28.0 Å². The second-order valence-corrected chi connectivity index (χ2v) is 9.55. The van der Waals surface area contributed by atoms with Gasteiger partial charge >= 0.3 is 5.97 Å². The number of hydrogen-bond donors (Lipinski definition) is 1. The largest absolute Gasteiger partial charge is 0.485 e. The second-order valence-electron chi connectivity index (χ2n) is 9.55. The Bertz CT molecular complexity index is 1330. The molecule has 7 heteroatoms. The zero-order valence-electron chi connectivity index (χ0n) is 20.1. The van der Waals surface area contributed by atoms with E-state index in [2.05, 4.69) is 13.8 Å². The molecule has 7 nitrogen and oxygen atoms in total. The highest BCUT2D eigenvalue weighted by atomic mass is 16.5. The minimum Gasteiger partial charge on any atom is -0.485 e. The van der Waals surface area contributed by atoms with Crippen LogP contribution in [-0.4, -0.2) is 35.5 Å². The van der Waals surface area contributed by atoms with Gasteiger partial charge in [0.15, 0.2) is 16.9 Å². The monoisotopic (exact) mass is 475 g/mol. The molecule has 2 atom stereocenters. The molecule has 182 valence electrons. The van der Waals surface area contributed by atoms with Crippen molar-refractivity contribution in [2.24, 2.45) is 5.92 Å². The minimum atomic E-state index is -1.21. The molecule has 0 aliphatic carbocycles. The lowest BCUT2D eigenvalue weighted by Gasteiger charge is -2.34. The molecule has 0 bridgehead atoms. The van der Waals surface area contributed by atoms with E-state index in [9.17, 15) is 14.7 Å². The summed E-state index contributed by atoms with van der Waals surface area (Å²) in [6.07, 6.45) is 2.79. The summed E-state index contributed by atoms with van der Waals surface area (Å²) in [6, 6.07) is 13.3. The number of aromatic carboxylic acids is 1. The first kappa shape index (κ1) is 23.2. The fraction of sp³-hybridized carbons (Fsp3) is 0.357. The molecule has 1 N–H and O–H groups in total. The quantitative estimate of drug-likeness (QED) is 0.542. The Balaban J connectivity index is 1.66. The number of ether oxygens (including phenoxy) is 3. The van der Waals surface area contributed by atoms with Crippen molar-refractivity contribution in [1.82, 2.24) is 4.57 Å². The topological polar surface area (TPSA) is 87.0 Å². The molecule has 0 saturated heterocycles. The van der Waals surface area contributed by atoms with Crippen molar-refractivity contribution in [3.63, 3.8) is 0 Å². The van der Waals surface area contributed by atoms with E-state index in [4.69, 9.17) is 14.2 Å². The summed E-state index contributed by atoms with van der Waals surface area (Å²) >= 11 is 0. The second kappa shape index (κ2) is 9.23. The molecule has 0 fully saturated rings. The number of carbonyl (C=O) groups is 1. The van der Waals surface area contributed by atoms with E-state index < -0.39 is 11.4 Å². The maximum absolute atomic E-state index is 12.7. The number of aromatic nitrogens is 1. The van der Waals surface area contributed by atoms with Crippen LogP contribution in [0, 0.1) is 5.92 Å². The van der Waals surface area contributed by atoms with E-state index in [0.29, 0.717) is 37.5 Å². The molecule has 2 aromatic carbocycles. The highest BCUT2D eigenvalue weighted by Crippen LogP contribution is 2.49. The van der Waals surface area contributed by atoms with Gasteiger partial charge in [-0.05, 0) is 29.5 Å². The van der Waals surface area contributed by atoms with Crippen LogP contribution in [0.4, 0.5) is 0 Å². The molecule has 2 unspecified atom stereocenters. The minimum absolute atomic E-state index is 0.0119. The van der Waals surface area contributed by atoms with Crippen LogP contribution in [0.5, 0.6) is 11.5 Å². The molecule has 2 aliphatic rings. The van der Waals surface area contributed by atoms with E-state index in [1.54, 1.807) is 7.11 Å². The third-order valence-corrected chi connectivity index (χ3v) is 6.89. The van der Waals surface area contributed by atoms with Crippen LogP contribution in [-0.2, 0) is 24.2 Å². The molecular weight excluding hydrogens is 446 g/mol. The molecule has 3 heterocycles. The predicted octanol–water partition coefficient (Wildman–Crippen LogP) is 4.50. The summed E-state index contributed by atoms with van der Waals surface area (Å²) in [4.78, 5) is 24.4. The van der Waals surface area contributed by atoms with Crippen LogP contribution in [0.15, 0.2) is 53.5 Å². The number of nitrogens with zero attached hydrogens (tertiary/aromatic N) is 1. The number of carboxylic acids is 1. The van der Waals surface area contributed by atoms with Gasteiger partial charge in [0.2, 0.25) is 0 Å². The molecule has 1 aromatic heterocycles.